The highest BCUT2D eigenvalue weighted by atomic mass is 35.5. The van der Waals surface area contributed by atoms with Crippen LogP contribution in [0, 0.1) is 5.82 Å². The highest BCUT2D eigenvalue weighted by molar-refractivity contribution is 7.84. The summed E-state index contributed by atoms with van der Waals surface area (Å²) < 4.78 is 36.8. The molecule has 0 aliphatic carbocycles. The topological polar surface area (TPSA) is 65.5 Å². The molecule has 1 atom stereocenters. The van der Waals surface area contributed by atoms with Gasteiger partial charge in [-0.2, -0.15) is 0 Å². The van der Waals surface area contributed by atoms with Gasteiger partial charge >= 0.3 is 0 Å². The Balaban J connectivity index is 2.32. The number of hydrogen-bond acceptors (Lipinski definition) is 5. The van der Waals surface area contributed by atoms with E-state index in [2.05, 4.69) is 4.98 Å². The third-order valence-corrected chi connectivity index (χ3v) is 5.16. The van der Waals surface area contributed by atoms with E-state index >= 15 is 0 Å². The lowest BCUT2D eigenvalue weighted by atomic mass is 9.97. The van der Waals surface area contributed by atoms with Crippen molar-refractivity contribution in [1.82, 2.24) is 4.98 Å². The number of pyridine rings is 1. The zero-order valence-corrected chi connectivity index (χ0v) is 16.3. The van der Waals surface area contributed by atoms with E-state index in [1.807, 2.05) is 0 Å². The van der Waals surface area contributed by atoms with E-state index in [0.717, 1.165) is 0 Å². The Morgan fingerprint density at radius 1 is 1.04 bits per heavy atom. The first kappa shape index (κ1) is 19.3. The van der Waals surface area contributed by atoms with Crippen LogP contribution in [0.5, 0.6) is 11.5 Å². The Labute approximate surface area is 162 Å². The van der Waals surface area contributed by atoms with Crippen LogP contribution in [-0.4, -0.2) is 35.5 Å². The molecule has 0 fully saturated rings. The maximum atomic E-state index is 14.7. The number of benzene rings is 2. The lowest BCUT2D eigenvalue weighted by molar-refractivity contribution is 0.103. The molecule has 0 saturated carbocycles. The van der Waals surface area contributed by atoms with E-state index in [4.69, 9.17) is 21.1 Å². The number of carbonyl (C=O) groups excluding carboxylic acids is 1. The van der Waals surface area contributed by atoms with Crippen molar-refractivity contribution in [2.24, 2.45) is 0 Å². The van der Waals surface area contributed by atoms with Crippen LogP contribution >= 0.6 is 11.6 Å². The van der Waals surface area contributed by atoms with Gasteiger partial charge < -0.3 is 9.47 Å². The van der Waals surface area contributed by atoms with Crippen LogP contribution < -0.4 is 9.47 Å². The number of hydrogen-bond donors (Lipinski definition) is 0. The maximum absolute atomic E-state index is 14.7. The standard InChI is InChI=1S/C19H15ClFNO4S/c1-25-13-8-6-12-10(4-9-15(22-12)27(3)24)16(13)19(23)17-14(26-2)7-5-11(20)18(17)21/h4-9H,1-3H3. The van der Waals surface area contributed by atoms with Gasteiger partial charge in [0.2, 0.25) is 5.78 Å². The van der Waals surface area contributed by atoms with Gasteiger partial charge in [-0.05, 0) is 36.4 Å². The molecule has 5 nitrogen and oxygen atoms in total. The van der Waals surface area contributed by atoms with Gasteiger partial charge in [0.25, 0.3) is 0 Å². The summed E-state index contributed by atoms with van der Waals surface area (Å²) in [5.74, 6) is -1.22. The van der Waals surface area contributed by atoms with Crippen LogP contribution in [0.1, 0.15) is 15.9 Å². The Morgan fingerprint density at radius 3 is 2.30 bits per heavy atom. The number of carbonyl (C=O) groups is 1. The number of fused-ring (bicyclic) bond motifs is 1. The summed E-state index contributed by atoms with van der Waals surface area (Å²) in [4.78, 5) is 17.6. The molecular weight excluding hydrogens is 393 g/mol. The average Bonchev–Trinajstić information content (AvgIpc) is 2.67. The van der Waals surface area contributed by atoms with Gasteiger partial charge in [-0.3, -0.25) is 9.00 Å². The molecule has 2 aromatic carbocycles. The maximum Gasteiger partial charge on any atom is 0.204 e. The van der Waals surface area contributed by atoms with Gasteiger partial charge in [0, 0.05) is 11.6 Å². The zero-order chi connectivity index (χ0) is 19.7. The van der Waals surface area contributed by atoms with Gasteiger partial charge in [-0.15, -0.1) is 0 Å². The van der Waals surface area contributed by atoms with Gasteiger partial charge in [-0.1, -0.05) is 11.6 Å². The summed E-state index contributed by atoms with van der Waals surface area (Å²) in [6.45, 7) is 0. The zero-order valence-electron chi connectivity index (χ0n) is 14.7. The summed E-state index contributed by atoms with van der Waals surface area (Å²) in [5, 5.41) is 0.618. The van der Waals surface area contributed by atoms with Crippen molar-refractivity contribution in [2.45, 2.75) is 5.03 Å². The normalized spacial score (nSPS) is 12.0. The number of halogens is 2. The van der Waals surface area contributed by atoms with Crippen LogP contribution in [0.3, 0.4) is 0 Å². The first-order chi connectivity index (χ1) is 12.9. The van der Waals surface area contributed by atoms with Gasteiger partial charge in [0.15, 0.2) is 5.82 Å². The second-order valence-corrected chi connectivity index (χ2v) is 7.31. The molecule has 3 rings (SSSR count). The predicted octanol–water partition coefficient (Wildman–Crippen LogP) is 4.01. The molecule has 140 valence electrons. The van der Waals surface area contributed by atoms with Crippen molar-refractivity contribution >= 4 is 39.1 Å². The van der Waals surface area contributed by atoms with Crippen molar-refractivity contribution in [3.05, 3.63) is 58.4 Å². The molecule has 1 aromatic heterocycles. The number of rotatable bonds is 5. The van der Waals surface area contributed by atoms with E-state index in [9.17, 15) is 13.4 Å². The summed E-state index contributed by atoms with van der Waals surface area (Å²) in [6.07, 6.45) is 1.51. The molecule has 3 aromatic rings. The largest absolute Gasteiger partial charge is 0.496 e. The van der Waals surface area contributed by atoms with E-state index in [1.54, 1.807) is 24.3 Å². The average molecular weight is 408 g/mol. The van der Waals surface area contributed by atoms with E-state index in [0.29, 0.717) is 15.9 Å². The van der Waals surface area contributed by atoms with Crippen LogP contribution in [0.4, 0.5) is 4.39 Å². The van der Waals surface area contributed by atoms with Crippen LogP contribution in [0.15, 0.2) is 41.4 Å². The molecule has 1 heterocycles. The molecule has 0 spiro atoms. The Morgan fingerprint density at radius 2 is 1.67 bits per heavy atom. The Hall–Kier alpha value is -2.51. The molecule has 0 aliphatic rings. The van der Waals surface area contributed by atoms with E-state index < -0.39 is 22.4 Å². The molecule has 0 bridgehead atoms. The number of methoxy groups -OCH3 is 2. The van der Waals surface area contributed by atoms with E-state index in [1.165, 1.54) is 32.6 Å². The highest BCUT2D eigenvalue weighted by Gasteiger charge is 2.26. The molecule has 8 heteroatoms. The molecule has 27 heavy (non-hydrogen) atoms. The smallest absolute Gasteiger partial charge is 0.204 e. The minimum atomic E-state index is -1.28. The van der Waals surface area contributed by atoms with Gasteiger partial charge in [-0.25, -0.2) is 9.37 Å². The van der Waals surface area contributed by atoms with Gasteiger partial charge in [0.05, 0.1) is 41.1 Å². The third-order valence-electron chi connectivity index (χ3n) is 4.05. The van der Waals surface area contributed by atoms with Crippen molar-refractivity contribution in [3.63, 3.8) is 0 Å². The molecular formula is C19H15ClFNO4S. The molecule has 1 unspecified atom stereocenters. The SMILES string of the molecule is COc1ccc(Cl)c(F)c1C(=O)c1c(OC)ccc2nc(S(C)=O)ccc12. The van der Waals surface area contributed by atoms with Crippen LogP contribution in [0.2, 0.25) is 5.02 Å². The number of nitrogens with zero attached hydrogens (tertiary/aromatic N) is 1. The fourth-order valence-electron chi connectivity index (χ4n) is 2.77. The monoisotopic (exact) mass is 407 g/mol. The first-order valence-corrected chi connectivity index (χ1v) is 9.70. The third kappa shape index (κ3) is 3.40. The quantitative estimate of drug-likeness (QED) is 0.598. The lowest BCUT2D eigenvalue weighted by Crippen LogP contribution is -2.10. The molecule has 0 radical (unpaired) electrons. The Kier molecular flexibility index (Phi) is 5.43. The lowest BCUT2D eigenvalue weighted by Gasteiger charge is -2.14. The number of aromatic nitrogens is 1. The van der Waals surface area contributed by atoms with Crippen molar-refractivity contribution in [3.8, 4) is 11.5 Å². The number of ketones is 1. The van der Waals surface area contributed by atoms with Crippen LogP contribution in [0.25, 0.3) is 10.9 Å². The minimum absolute atomic E-state index is 0.0557. The molecule has 0 N–H and O–H groups in total. The fraction of sp³-hybridized carbons (Fsp3) is 0.158. The summed E-state index contributed by atoms with van der Waals surface area (Å²) in [7, 11) is 1.46. The van der Waals surface area contributed by atoms with Crippen molar-refractivity contribution in [2.75, 3.05) is 20.5 Å². The molecule has 0 aliphatic heterocycles. The minimum Gasteiger partial charge on any atom is -0.496 e. The summed E-state index contributed by atoms with van der Waals surface area (Å²) >= 11 is 5.86. The van der Waals surface area contributed by atoms with Crippen molar-refractivity contribution in [1.29, 1.82) is 0 Å². The second-order valence-electron chi connectivity index (χ2n) is 5.58. The number of ether oxygens (including phenoxy) is 2. The summed E-state index contributed by atoms with van der Waals surface area (Å²) in [5.41, 5.74) is 0.266. The predicted molar refractivity (Wildman–Crippen MR) is 102 cm³/mol. The van der Waals surface area contributed by atoms with E-state index in [-0.39, 0.29) is 27.6 Å². The first-order valence-electron chi connectivity index (χ1n) is 7.77. The fourth-order valence-corrected chi connectivity index (χ4v) is 3.41. The van der Waals surface area contributed by atoms with Crippen molar-refractivity contribution < 1.29 is 22.9 Å². The van der Waals surface area contributed by atoms with Crippen LogP contribution in [-0.2, 0) is 10.8 Å². The Bertz CT molecular complexity index is 1090. The second kappa shape index (κ2) is 7.62. The highest BCUT2D eigenvalue weighted by Crippen LogP contribution is 2.35. The molecule has 0 saturated heterocycles. The van der Waals surface area contributed by atoms with Gasteiger partial charge in [0.1, 0.15) is 22.1 Å². The molecule has 0 amide bonds. The summed E-state index contributed by atoms with van der Waals surface area (Å²) in [6, 6.07) is 9.11.